The Balaban J connectivity index is 2.11. The molecule has 122 valence electrons. The first-order valence-corrected chi connectivity index (χ1v) is 8.11. The van der Waals surface area contributed by atoms with Crippen molar-refractivity contribution in [1.29, 1.82) is 0 Å². The highest BCUT2D eigenvalue weighted by atomic mass is 79.9. The fraction of sp³-hybridized carbons (Fsp3) is 0.312. The van der Waals surface area contributed by atoms with Crippen molar-refractivity contribution in [3.05, 3.63) is 46.1 Å². The number of carboxylic acid groups (broad SMARTS) is 1. The Morgan fingerprint density at radius 2 is 2.09 bits per heavy atom. The lowest BCUT2D eigenvalue weighted by Crippen LogP contribution is -2.11. The van der Waals surface area contributed by atoms with Crippen molar-refractivity contribution in [2.45, 2.75) is 26.3 Å². The van der Waals surface area contributed by atoms with Crippen LogP contribution in [0.4, 0.5) is 5.82 Å². The zero-order valence-corrected chi connectivity index (χ0v) is 14.3. The highest BCUT2D eigenvalue weighted by Crippen LogP contribution is 2.17. The first kappa shape index (κ1) is 17.2. The lowest BCUT2D eigenvalue weighted by Gasteiger charge is -2.10. The molecule has 0 aliphatic carbocycles. The fourth-order valence-electron chi connectivity index (χ4n) is 1.82. The average molecular weight is 380 g/mol. The number of ether oxygens (including phenoxy) is 1. The van der Waals surface area contributed by atoms with Gasteiger partial charge < -0.3 is 15.2 Å². The van der Waals surface area contributed by atoms with Crippen molar-refractivity contribution in [3.63, 3.8) is 0 Å². The molecule has 2 aromatic rings. The van der Waals surface area contributed by atoms with Gasteiger partial charge in [0.2, 0.25) is 0 Å². The van der Waals surface area contributed by atoms with Gasteiger partial charge in [0.15, 0.2) is 0 Å². The van der Waals surface area contributed by atoms with Crippen LogP contribution >= 0.6 is 15.9 Å². The number of carboxylic acids is 1. The number of anilines is 1. The predicted octanol–water partition coefficient (Wildman–Crippen LogP) is 3.73. The maximum absolute atomic E-state index is 11.3. The molecule has 1 aromatic carbocycles. The predicted molar refractivity (Wildman–Crippen MR) is 90.9 cm³/mol. The molecule has 2 rings (SSSR count). The van der Waals surface area contributed by atoms with Crippen LogP contribution in [0, 0.1) is 0 Å². The second-order valence-corrected chi connectivity index (χ2v) is 5.82. The molecular formula is C16H18BrN3O3. The van der Waals surface area contributed by atoms with Gasteiger partial charge in [-0.2, -0.15) is 4.98 Å². The number of unbranched alkanes of at least 4 members (excludes halogenated alkanes) is 1. The number of rotatable bonds is 8. The minimum atomic E-state index is -1.08. The summed E-state index contributed by atoms with van der Waals surface area (Å²) in [5.41, 5.74) is 1.03. The van der Waals surface area contributed by atoms with Crippen LogP contribution in [0.5, 0.6) is 6.01 Å². The number of nitrogens with zero attached hydrogens (tertiary/aromatic N) is 2. The summed E-state index contributed by atoms with van der Waals surface area (Å²) >= 11 is 3.38. The van der Waals surface area contributed by atoms with E-state index in [2.05, 4.69) is 38.1 Å². The third-order valence-corrected chi connectivity index (χ3v) is 3.63. The number of nitrogens with one attached hydrogen (secondary N) is 1. The normalized spacial score (nSPS) is 10.3. The van der Waals surface area contributed by atoms with E-state index in [1.54, 1.807) is 0 Å². The number of carbonyl (C=O) groups is 1. The third-order valence-electron chi connectivity index (χ3n) is 3.10. The van der Waals surface area contributed by atoms with Crippen molar-refractivity contribution in [2.24, 2.45) is 0 Å². The summed E-state index contributed by atoms with van der Waals surface area (Å²) in [6, 6.07) is 7.92. The number of aromatic carboxylic acids is 1. The van der Waals surface area contributed by atoms with Crippen molar-refractivity contribution >= 4 is 27.7 Å². The van der Waals surface area contributed by atoms with Gasteiger partial charge in [-0.05, 0) is 24.1 Å². The molecule has 0 saturated carbocycles. The van der Waals surface area contributed by atoms with Crippen LogP contribution in [0.3, 0.4) is 0 Å². The molecular weight excluding hydrogens is 362 g/mol. The molecule has 6 nitrogen and oxygen atoms in total. The Labute approximate surface area is 143 Å². The molecule has 1 heterocycles. The fourth-order valence-corrected chi connectivity index (χ4v) is 2.09. The molecule has 0 radical (unpaired) electrons. The molecule has 0 spiro atoms. The zero-order valence-electron chi connectivity index (χ0n) is 12.8. The van der Waals surface area contributed by atoms with Crippen LogP contribution in [-0.2, 0) is 6.54 Å². The largest absolute Gasteiger partial charge is 0.477 e. The monoisotopic (exact) mass is 379 g/mol. The van der Waals surface area contributed by atoms with Crippen molar-refractivity contribution in [2.75, 3.05) is 11.9 Å². The van der Waals surface area contributed by atoms with Crippen LogP contribution in [-0.4, -0.2) is 27.7 Å². The minimum absolute atomic E-state index is 0.0185. The van der Waals surface area contributed by atoms with Gasteiger partial charge in [0.05, 0.1) is 12.8 Å². The second-order valence-electron chi connectivity index (χ2n) is 4.90. The van der Waals surface area contributed by atoms with Crippen LogP contribution in [0.2, 0.25) is 0 Å². The van der Waals surface area contributed by atoms with Gasteiger partial charge in [-0.15, -0.1) is 0 Å². The molecule has 0 aliphatic heterocycles. The second kappa shape index (κ2) is 8.47. The molecule has 0 atom stereocenters. The summed E-state index contributed by atoms with van der Waals surface area (Å²) < 4.78 is 6.42. The van der Waals surface area contributed by atoms with E-state index < -0.39 is 5.97 Å². The number of halogens is 1. The van der Waals surface area contributed by atoms with Gasteiger partial charge >= 0.3 is 12.0 Å². The number of aromatic nitrogens is 2. The summed E-state index contributed by atoms with van der Waals surface area (Å²) in [5, 5.41) is 12.3. The first-order chi connectivity index (χ1) is 11.1. The van der Waals surface area contributed by atoms with E-state index in [-0.39, 0.29) is 17.4 Å². The summed E-state index contributed by atoms with van der Waals surface area (Å²) in [4.78, 5) is 19.4. The van der Waals surface area contributed by atoms with Gasteiger partial charge in [-0.1, -0.05) is 41.4 Å². The van der Waals surface area contributed by atoms with Gasteiger partial charge in [0.25, 0.3) is 0 Å². The first-order valence-electron chi connectivity index (χ1n) is 7.31. The van der Waals surface area contributed by atoms with Gasteiger partial charge in [-0.25, -0.2) is 9.78 Å². The van der Waals surface area contributed by atoms with E-state index in [9.17, 15) is 9.90 Å². The summed E-state index contributed by atoms with van der Waals surface area (Å²) in [7, 11) is 0. The Morgan fingerprint density at radius 3 is 2.74 bits per heavy atom. The summed E-state index contributed by atoms with van der Waals surface area (Å²) in [6.45, 7) is 3.02. The molecule has 7 heteroatoms. The van der Waals surface area contributed by atoms with E-state index in [0.29, 0.717) is 13.2 Å². The molecule has 0 amide bonds. The zero-order chi connectivity index (χ0) is 16.7. The van der Waals surface area contributed by atoms with Crippen molar-refractivity contribution < 1.29 is 14.6 Å². The molecule has 2 N–H and O–H groups in total. The maximum atomic E-state index is 11.3. The molecule has 0 unspecified atom stereocenters. The van der Waals surface area contributed by atoms with E-state index in [1.165, 1.54) is 6.20 Å². The average Bonchev–Trinajstić information content (AvgIpc) is 2.54. The molecule has 0 saturated heterocycles. The van der Waals surface area contributed by atoms with E-state index >= 15 is 0 Å². The summed E-state index contributed by atoms with van der Waals surface area (Å²) in [5.74, 6) is -0.828. The van der Waals surface area contributed by atoms with Crippen LogP contribution in [0.1, 0.15) is 35.7 Å². The highest BCUT2D eigenvalue weighted by Gasteiger charge is 2.14. The maximum Gasteiger partial charge on any atom is 0.341 e. The van der Waals surface area contributed by atoms with Crippen molar-refractivity contribution in [1.82, 2.24) is 9.97 Å². The topological polar surface area (TPSA) is 84.3 Å². The van der Waals surface area contributed by atoms with E-state index in [1.807, 2.05) is 24.3 Å². The van der Waals surface area contributed by atoms with Gasteiger partial charge in [0.1, 0.15) is 11.4 Å². The van der Waals surface area contributed by atoms with E-state index in [4.69, 9.17) is 4.74 Å². The molecule has 23 heavy (non-hydrogen) atoms. The van der Waals surface area contributed by atoms with Gasteiger partial charge in [0, 0.05) is 11.0 Å². The lowest BCUT2D eigenvalue weighted by atomic mass is 10.2. The standard InChI is InChI=1S/C16H18BrN3O3/c1-2-3-8-23-16-19-10-13(15(21)22)14(20-16)18-9-11-4-6-12(17)7-5-11/h4-7,10H,2-3,8-9H2,1H3,(H,21,22)(H,18,19,20). The van der Waals surface area contributed by atoms with Crippen LogP contribution < -0.4 is 10.1 Å². The third kappa shape index (κ3) is 5.21. The smallest absolute Gasteiger partial charge is 0.341 e. The SMILES string of the molecule is CCCCOc1ncc(C(=O)O)c(NCc2ccc(Br)cc2)n1. The molecule has 0 aliphatic rings. The molecule has 0 bridgehead atoms. The number of hydrogen-bond acceptors (Lipinski definition) is 5. The lowest BCUT2D eigenvalue weighted by molar-refractivity contribution is 0.0697. The Bertz CT molecular complexity index is 662. The Hall–Kier alpha value is -2.15. The minimum Gasteiger partial charge on any atom is -0.477 e. The Morgan fingerprint density at radius 1 is 1.35 bits per heavy atom. The van der Waals surface area contributed by atoms with Crippen molar-refractivity contribution in [3.8, 4) is 6.01 Å². The number of benzene rings is 1. The van der Waals surface area contributed by atoms with Crippen LogP contribution in [0.25, 0.3) is 0 Å². The van der Waals surface area contributed by atoms with E-state index in [0.717, 1.165) is 22.9 Å². The van der Waals surface area contributed by atoms with Crippen LogP contribution in [0.15, 0.2) is 34.9 Å². The molecule has 1 aromatic heterocycles. The summed E-state index contributed by atoms with van der Waals surface area (Å²) in [6.07, 6.45) is 3.16. The number of hydrogen-bond donors (Lipinski definition) is 2. The highest BCUT2D eigenvalue weighted by molar-refractivity contribution is 9.10. The Kier molecular flexibility index (Phi) is 6.34. The van der Waals surface area contributed by atoms with Gasteiger partial charge in [-0.3, -0.25) is 0 Å². The quantitative estimate of drug-likeness (QED) is 0.679. The molecule has 0 fully saturated rings.